The molecule has 3 N–H and O–H groups in total. The van der Waals surface area contributed by atoms with Crippen LogP contribution in [0.4, 0.5) is 19.5 Å². The number of fused-ring (bicyclic) bond motifs is 1. The fraction of sp³-hybridized carbons (Fsp3) is 0.517. The predicted molar refractivity (Wildman–Crippen MR) is 153 cm³/mol. The highest BCUT2D eigenvalue weighted by Crippen LogP contribution is 2.38. The summed E-state index contributed by atoms with van der Waals surface area (Å²) in [5, 5.41) is 8.77. The number of hydrogen-bond acceptors (Lipinski definition) is 6. The monoisotopic (exact) mass is 587 g/mol. The number of alkyl carbamates (subject to hydrolysis) is 1. The first-order valence-electron chi connectivity index (χ1n) is 14.0. The Morgan fingerprint density at radius 2 is 1.73 bits per heavy atom. The fourth-order valence-corrected chi connectivity index (χ4v) is 6.12. The molecular weight excluding hydrogens is 552 g/mol. The van der Waals surface area contributed by atoms with E-state index in [9.17, 15) is 23.2 Å². The molecule has 2 saturated carbocycles. The van der Waals surface area contributed by atoms with Crippen LogP contribution in [0.2, 0.25) is 0 Å². The first-order chi connectivity index (χ1) is 19.5. The van der Waals surface area contributed by atoms with Crippen LogP contribution < -0.4 is 16.0 Å². The van der Waals surface area contributed by atoms with Gasteiger partial charge in [-0.1, -0.05) is 19.3 Å². The maximum Gasteiger partial charge on any atom is 0.407 e. The number of imidazole rings is 1. The molecule has 0 aliphatic heterocycles. The molecule has 2 heterocycles. The molecule has 5 rings (SSSR count). The largest absolute Gasteiger partial charge is 0.444 e. The summed E-state index contributed by atoms with van der Waals surface area (Å²) in [6, 6.07) is 7.80. The molecule has 0 bridgehead atoms. The van der Waals surface area contributed by atoms with Crippen LogP contribution in [-0.4, -0.2) is 45.1 Å². The SMILES string of the molecule is CC(C)(C)OC(=O)N[C@H]1C[C@@H](n2c(NC(=O)c3ccc(C(F)F)s3)nc3cc(C(=O)NC4CCCCC4)ccc32)C1. The van der Waals surface area contributed by atoms with E-state index in [1.807, 2.05) is 10.6 Å². The van der Waals surface area contributed by atoms with E-state index in [-0.39, 0.29) is 39.7 Å². The quantitative estimate of drug-likeness (QED) is 0.289. The second-order valence-corrected chi connectivity index (χ2v) is 12.9. The van der Waals surface area contributed by atoms with E-state index in [2.05, 4.69) is 20.9 Å². The number of hydrogen-bond donors (Lipinski definition) is 3. The van der Waals surface area contributed by atoms with Gasteiger partial charge in [0.2, 0.25) is 5.95 Å². The van der Waals surface area contributed by atoms with Crippen LogP contribution >= 0.6 is 11.3 Å². The molecule has 2 aliphatic rings. The van der Waals surface area contributed by atoms with E-state index in [1.54, 1.807) is 32.9 Å². The number of rotatable bonds is 7. The van der Waals surface area contributed by atoms with Gasteiger partial charge in [-0.3, -0.25) is 14.9 Å². The van der Waals surface area contributed by atoms with Gasteiger partial charge in [-0.25, -0.2) is 18.6 Å². The van der Waals surface area contributed by atoms with E-state index >= 15 is 0 Å². The number of ether oxygens (including phenoxy) is 1. The van der Waals surface area contributed by atoms with Gasteiger partial charge in [-0.15, -0.1) is 11.3 Å². The van der Waals surface area contributed by atoms with Crippen LogP contribution in [-0.2, 0) is 4.74 Å². The van der Waals surface area contributed by atoms with Crippen LogP contribution in [0.25, 0.3) is 11.0 Å². The molecule has 41 heavy (non-hydrogen) atoms. The van der Waals surface area contributed by atoms with Crippen molar-refractivity contribution in [1.29, 1.82) is 0 Å². The number of carbonyl (C=O) groups is 3. The predicted octanol–water partition coefficient (Wildman–Crippen LogP) is 6.58. The van der Waals surface area contributed by atoms with E-state index in [0.717, 1.165) is 42.5 Å². The Kier molecular flexibility index (Phi) is 8.30. The average Bonchev–Trinajstić information content (AvgIpc) is 3.51. The lowest BCUT2D eigenvalue weighted by Gasteiger charge is -2.37. The van der Waals surface area contributed by atoms with Crippen LogP contribution in [0.5, 0.6) is 0 Å². The van der Waals surface area contributed by atoms with E-state index in [0.29, 0.717) is 23.9 Å². The van der Waals surface area contributed by atoms with Gasteiger partial charge in [0.15, 0.2) is 0 Å². The van der Waals surface area contributed by atoms with E-state index in [1.165, 1.54) is 18.6 Å². The zero-order chi connectivity index (χ0) is 29.3. The van der Waals surface area contributed by atoms with Gasteiger partial charge >= 0.3 is 6.09 Å². The number of halogens is 2. The first-order valence-corrected chi connectivity index (χ1v) is 14.8. The number of thiophene rings is 1. The molecule has 0 radical (unpaired) electrons. The summed E-state index contributed by atoms with van der Waals surface area (Å²) < 4.78 is 33.4. The topological polar surface area (TPSA) is 114 Å². The molecule has 2 fully saturated rings. The van der Waals surface area contributed by atoms with Crippen molar-refractivity contribution in [2.24, 2.45) is 0 Å². The minimum Gasteiger partial charge on any atom is -0.444 e. The molecular formula is C29H35F2N5O4S. The highest BCUT2D eigenvalue weighted by Gasteiger charge is 2.35. The maximum atomic E-state index is 13.1. The van der Waals surface area contributed by atoms with Gasteiger partial charge < -0.3 is 19.9 Å². The van der Waals surface area contributed by atoms with Gasteiger partial charge in [-0.2, -0.15) is 0 Å². The second-order valence-electron chi connectivity index (χ2n) is 11.7. The number of aromatic nitrogens is 2. The summed E-state index contributed by atoms with van der Waals surface area (Å²) in [5.74, 6) is -0.457. The third-order valence-corrected chi connectivity index (χ3v) is 8.47. The molecule has 9 nitrogen and oxygen atoms in total. The Morgan fingerprint density at radius 3 is 2.39 bits per heavy atom. The smallest absolute Gasteiger partial charge is 0.407 e. The molecule has 0 saturated heterocycles. The van der Waals surface area contributed by atoms with E-state index in [4.69, 9.17) is 4.74 Å². The summed E-state index contributed by atoms with van der Waals surface area (Å²) in [6.45, 7) is 5.39. The molecule has 0 atom stereocenters. The van der Waals surface area contributed by atoms with Crippen molar-refractivity contribution in [2.75, 3.05) is 5.32 Å². The number of nitrogens with zero attached hydrogens (tertiary/aromatic N) is 2. The molecule has 3 aromatic rings. The summed E-state index contributed by atoms with van der Waals surface area (Å²) >= 11 is 0.730. The summed E-state index contributed by atoms with van der Waals surface area (Å²) in [5.41, 5.74) is 1.11. The van der Waals surface area contributed by atoms with Crippen molar-refractivity contribution in [1.82, 2.24) is 20.2 Å². The molecule has 12 heteroatoms. The van der Waals surface area contributed by atoms with Crippen molar-refractivity contribution in [3.05, 3.63) is 45.6 Å². The fourth-order valence-electron chi connectivity index (χ4n) is 5.36. The molecule has 1 aromatic carbocycles. The Labute approximate surface area is 241 Å². The van der Waals surface area contributed by atoms with Gasteiger partial charge in [0.1, 0.15) is 5.60 Å². The minimum absolute atomic E-state index is 0.0999. The van der Waals surface area contributed by atoms with Gasteiger partial charge in [0.05, 0.1) is 20.8 Å². The van der Waals surface area contributed by atoms with Crippen LogP contribution in [0, 0.1) is 0 Å². The Balaban J connectivity index is 1.37. The zero-order valence-electron chi connectivity index (χ0n) is 23.3. The van der Waals surface area contributed by atoms with Crippen molar-refractivity contribution >= 4 is 46.2 Å². The molecule has 0 unspecified atom stereocenters. The minimum atomic E-state index is -2.66. The lowest BCUT2D eigenvalue weighted by molar-refractivity contribution is 0.0458. The van der Waals surface area contributed by atoms with Crippen molar-refractivity contribution in [3.63, 3.8) is 0 Å². The Morgan fingerprint density at radius 1 is 1.00 bits per heavy atom. The summed E-state index contributed by atoms with van der Waals surface area (Å²) in [7, 11) is 0. The third kappa shape index (κ3) is 6.86. The molecule has 2 aliphatic carbocycles. The summed E-state index contributed by atoms with van der Waals surface area (Å²) in [6.07, 6.45) is 3.33. The average molecular weight is 588 g/mol. The first kappa shape index (κ1) is 29.0. The summed E-state index contributed by atoms with van der Waals surface area (Å²) in [4.78, 5) is 42.8. The molecule has 2 aromatic heterocycles. The lowest BCUT2D eigenvalue weighted by Crippen LogP contribution is -2.46. The Bertz CT molecular complexity index is 1430. The Hall–Kier alpha value is -3.54. The van der Waals surface area contributed by atoms with Gasteiger partial charge in [-0.05, 0) is 76.8 Å². The van der Waals surface area contributed by atoms with Crippen LogP contribution in [0.1, 0.15) is 103 Å². The number of carbonyl (C=O) groups excluding carboxylic acids is 3. The van der Waals surface area contributed by atoms with Gasteiger partial charge in [0, 0.05) is 23.7 Å². The van der Waals surface area contributed by atoms with Crippen LogP contribution in [0.15, 0.2) is 30.3 Å². The van der Waals surface area contributed by atoms with Crippen LogP contribution in [0.3, 0.4) is 0 Å². The highest BCUT2D eigenvalue weighted by molar-refractivity contribution is 7.14. The number of nitrogens with one attached hydrogen (secondary N) is 3. The third-order valence-electron chi connectivity index (χ3n) is 7.38. The zero-order valence-corrected chi connectivity index (χ0v) is 24.2. The van der Waals surface area contributed by atoms with Crippen molar-refractivity contribution in [3.8, 4) is 0 Å². The van der Waals surface area contributed by atoms with Crippen molar-refractivity contribution < 1.29 is 27.9 Å². The lowest BCUT2D eigenvalue weighted by atomic mass is 9.86. The van der Waals surface area contributed by atoms with Gasteiger partial charge in [0.25, 0.3) is 18.2 Å². The molecule has 3 amide bonds. The number of alkyl halides is 2. The number of benzene rings is 1. The van der Waals surface area contributed by atoms with Crippen molar-refractivity contribution in [2.45, 2.75) is 95.9 Å². The normalized spacial score (nSPS) is 19.6. The number of amides is 3. The molecule has 0 spiro atoms. The maximum absolute atomic E-state index is 13.1. The standard InChI is InChI=1S/C29H35F2N5O4S/c1-29(2,3)40-28(39)33-18-14-19(15-18)36-21-10-9-16(25(37)32-17-7-5-4-6-8-17)13-20(21)34-27(36)35-26(38)23-12-11-22(41-23)24(30)31/h9-13,17-19,24H,4-8,14-15H2,1-3H3,(H,32,37)(H,33,39)(H,34,35,38)/t18-,19+. The second kappa shape index (κ2) is 11.8. The highest BCUT2D eigenvalue weighted by atomic mass is 32.1. The number of anilines is 1. The molecule has 220 valence electrons. The van der Waals surface area contributed by atoms with E-state index < -0.39 is 24.0 Å².